The second-order valence-electron chi connectivity index (χ2n) is 14.1. The molecule has 1 aromatic heterocycles. The number of anilines is 3. The van der Waals surface area contributed by atoms with Gasteiger partial charge in [0.15, 0.2) is 0 Å². The Morgan fingerprint density at radius 3 is 1.21 bits per heavy atom. The first-order valence-corrected chi connectivity index (χ1v) is 19.1. The molecule has 0 radical (unpaired) electrons. The predicted octanol–water partition coefficient (Wildman–Crippen LogP) is 15.4. The number of benzene rings is 9. The minimum absolute atomic E-state index is 0.904. The first kappa shape index (κ1) is 33.2. The van der Waals surface area contributed by atoms with Crippen LogP contribution in [0, 0.1) is 0 Å². The molecule has 0 bridgehead atoms. The summed E-state index contributed by atoms with van der Waals surface area (Å²) in [5.74, 6) is 0. The van der Waals surface area contributed by atoms with Gasteiger partial charge in [0, 0.05) is 27.8 Å². The zero-order chi connectivity index (χ0) is 37.3. The van der Waals surface area contributed by atoms with Crippen molar-refractivity contribution in [2.75, 3.05) is 4.90 Å². The Bertz CT molecular complexity index is 2830. The highest BCUT2D eigenvalue weighted by Gasteiger charge is 2.16. The Morgan fingerprint density at radius 1 is 0.250 bits per heavy atom. The van der Waals surface area contributed by atoms with Crippen LogP contribution < -0.4 is 4.90 Å². The fourth-order valence-corrected chi connectivity index (χ4v) is 7.84. The number of rotatable bonds is 8. The molecule has 2 nitrogen and oxygen atoms in total. The van der Waals surface area contributed by atoms with Crippen molar-refractivity contribution in [2.45, 2.75) is 0 Å². The molecule has 0 aliphatic rings. The quantitative estimate of drug-likeness (QED) is 0.156. The Labute approximate surface area is 327 Å². The number of furan rings is 1. The Balaban J connectivity index is 1.03. The third-order valence-electron chi connectivity index (χ3n) is 10.7. The topological polar surface area (TPSA) is 16.4 Å². The summed E-state index contributed by atoms with van der Waals surface area (Å²) < 4.78 is 6.16. The van der Waals surface area contributed by atoms with E-state index in [-0.39, 0.29) is 0 Å². The van der Waals surface area contributed by atoms with E-state index in [2.05, 4.69) is 217 Å². The van der Waals surface area contributed by atoms with Gasteiger partial charge < -0.3 is 9.32 Å². The van der Waals surface area contributed by atoms with E-state index < -0.39 is 0 Å². The van der Waals surface area contributed by atoms with Crippen molar-refractivity contribution in [3.8, 4) is 55.6 Å². The van der Waals surface area contributed by atoms with Crippen LogP contribution in [0.4, 0.5) is 17.1 Å². The highest BCUT2D eigenvalue weighted by Crippen LogP contribution is 2.41. The van der Waals surface area contributed by atoms with Crippen LogP contribution in [0.3, 0.4) is 0 Å². The molecule has 0 unspecified atom stereocenters. The van der Waals surface area contributed by atoms with Gasteiger partial charge in [-0.05, 0) is 116 Å². The van der Waals surface area contributed by atoms with Crippen molar-refractivity contribution < 1.29 is 4.42 Å². The smallest absolute Gasteiger partial charge is 0.135 e. The van der Waals surface area contributed by atoms with Gasteiger partial charge in [-0.25, -0.2) is 0 Å². The molecule has 0 saturated carbocycles. The van der Waals surface area contributed by atoms with Crippen LogP contribution in [0.1, 0.15) is 0 Å². The van der Waals surface area contributed by atoms with Gasteiger partial charge in [-0.15, -0.1) is 0 Å². The lowest BCUT2D eigenvalue weighted by atomic mass is 9.90. The Morgan fingerprint density at radius 2 is 0.661 bits per heavy atom. The van der Waals surface area contributed by atoms with Crippen molar-refractivity contribution in [3.63, 3.8) is 0 Å². The van der Waals surface area contributed by atoms with Gasteiger partial charge in [0.05, 0.1) is 0 Å². The molecule has 1 heterocycles. The molecule has 0 fully saturated rings. The van der Waals surface area contributed by atoms with Crippen molar-refractivity contribution >= 4 is 39.0 Å². The van der Waals surface area contributed by atoms with E-state index in [1.54, 1.807) is 0 Å². The van der Waals surface area contributed by atoms with Gasteiger partial charge in [-0.1, -0.05) is 164 Å². The summed E-state index contributed by atoms with van der Waals surface area (Å²) in [5.41, 5.74) is 17.0. The number of fused-ring (bicyclic) bond motifs is 3. The maximum absolute atomic E-state index is 6.16. The summed E-state index contributed by atoms with van der Waals surface area (Å²) in [5, 5.41) is 2.27. The molecule has 10 rings (SSSR count). The third kappa shape index (κ3) is 6.34. The molecule has 2 heteroatoms. The molecule has 9 aromatic carbocycles. The van der Waals surface area contributed by atoms with E-state index in [0.29, 0.717) is 0 Å². The predicted molar refractivity (Wildman–Crippen MR) is 236 cm³/mol. The molecular formula is C54H37NO. The van der Waals surface area contributed by atoms with E-state index in [9.17, 15) is 0 Å². The standard InChI is InChI=1S/C54H37NO/c1-4-12-38(13-5-1)40-20-28-46(29-21-40)55(47-30-22-41(23-31-47)39-14-6-2-7-15-39)48-32-24-42(25-33-48)44-26-34-49(51(36-44)43-16-8-3-9-17-43)45-27-35-54-52(37-45)50-18-10-11-19-53(50)56-54/h1-37H. The summed E-state index contributed by atoms with van der Waals surface area (Å²) in [6.07, 6.45) is 0. The lowest BCUT2D eigenvalue weighted by Crippen LogP contribution is -2.09. The van der Waals surface area contributed by atoms with Crippen LogP contribution in [-0.2, 0) is 0 Å². The molecule has 264 valence electrons. The maximum atomic E-state index is 6.16. The Kier molecular flexibility index (Phi) is 8.55. The Hall–Kier alpha value is -7.42. The first-order valence-electron chi connectivity index (χ1n) is 19.1. The molecule has 0 atom stereocenters. The average Bonchev–Trinajstić information content (AvgIpc) is 3.66. The second-order valence-corrected chi connectivity index (χ2v) is 14.1. The maximum Gasteiger partial charge on any atom is 0.135 e. The summed E-state index contributed by atoms with van der Waals surface area (Å²) in [6, 6.07) is 80.1. The molecule has 0 amide bonds. The largest absolute Gasteiger partial charge is 0.456 e. The van der Waals surface area contributed by atoms with E-state index in [1.807, 2.05) is 12.1 Å². The fraction of sp³-hybridized carbons (Fsp3) is 0. The number of para-hydroxylation sites is 1. The highest BCUT2D eigenvalue weighted by atomic mass is 16.3. The zero-order valence-electron chi connectivity index (χ0n) is 30.7. The van der Waals surface area contributed by atoms with Crippen molar-refractivity contribution in [2.24, 2.45) is 0 Å². The van der Waals surface area contributed by atoms with Gasteiger partial charge in [0.1, 0.15) is 11.2 Å². The minimum Gasteiger partial charge on any atom is -0.456 e. The number of hydrogen-bond acceptors (Lipinski definition) is 2. The number of nitrogens with zero attached hydrogens (tertiary/aromatic N) is 1. The van der Waals surface area contributed by atoms with E-state index in [4.69, 9.17) is 4.42 Å². The molecular weight excluding hydrogens is 679 g/mol. The summed E-state index contributed by atoms with van der Waals surface area (Å²) in [6.45, 7) is 0. The molecule has 56 heavy (non-hydrogen) atoms. The lowest BCUT2D eigenvalue weighted by Gasteiger charge is -2.26. The third-order valence-corrected chi connectivity index (χ3v) is 10.7. The molecule has 0 saturated heterocycles. The van der Waals surface area contributed by atoms with Gasteiger partial charge in [0.25, 0.3) is 0 Å². The van der Waals surface area contributed by atoms with E-state index >= 15 is 0 Å². The summed E-state index contributed by atoms with van der Waals surface area (Å²) in [7, 11) is 0. The SMILES string of the molecule is c1ccc(-c2ccc(N(c3ccc(-c4ccccc4)cc3)c3ccc(-c4ccc(-c5ccc6oc7ccccc7c6c5)c(-c5ccccc5)c4)cc3)cc2)cc1. The van der Waals surface area contributed by atoms with Crippen molar-refractivity contribution in [1.29, 1.82) is 0 Å². The molecule has 0 aliphatic carbocycles. The van der Waals surface area contributed by atoms with Gasteiger partial charge >= 0.3 is 0 Å². The van der Waals surface area contributed by atoms with Crippen LogP contribution >= 0.6 is 0 Å². The van der Waals surface area contributed by atoms with Crippen LogP contribution in [0.5, 0.6) is 0 Å². The van der Waals surface area contributed by atoms with Crippen LogP contribution in [0.2, 0.25) is 0 Å². The number of hydrogen-bond donors (Lipinski definition) is 0. The molecule has 0 aliphatic heterocycles. The van der Waals surface area contributed by atoms with Gasteiger partial charge in [0.2, 0.25) is 0 Å². The first-order chi connectivity index (χ1) is 27.7. The fourth-order valence-electron chi connectivity index (χ4n) is 7.84. The second kappa shape index (κ2) is 14.4. The molecule has 0 N–H and O–H groups in total. The van der Waals surface area contributed by atoms with Gasteiger partial charge in [-0.3, -0.25) is 0 Å². The van der Waals surface area contributed by atoms with Crippen LogP contribution in [-0.4, -0.2) is 0 Å². The minimum atomic E-state index is 0.904. The highest BCUT2D eigenvalue weighted by molar-refractivity contribution is 6.07. The monoisotopic (exact) mass is 715 g/mol. The zero-order valence-corrected chi connectivity index (χ0v) is 30.7. The van der Waals surface area contributed by atoms with Gasteiger partial charge in [-0.2, -0.15) is 0 Å². The molecule has 0 spiro atoms. The van der Waals surface area contributed by atoms with Crippen molar-refractivity contribution in [1.82, 2.24) is 0 Å². The average molecular weight is 716 g/mol. The van der Waals surface area contributed by atoms with Crippen molar-refractivity contribution in [3.05, 3.63) is 224 Å². The molecule has 10 aromatic rings. The van der Waals surface area contributed by atoms with Crippen LogP contribution in [0.15, 0.2) is 229 Å². The lowest BCUT2D eigenvalue weighted by molar-refractivity contribution is 0.669. The summed E-state index contributed by atoms with van der Waals surface area (Å²) >= 11 is 0. The summed E-state index contributed by atoms with van der Waals surface area (Å²) in [4.78, 5) is 2.33. The van der Waals surface area contributed by atoms with E-state index in [1.165, 1.54) is 44.5 Å². The van der Waals surface area contributed by atoms with Crippen LogP contribution in [0.25, 0.3) is 77.6 Å². The van der Waals surface area contributed by atoms with E-state index in [0.717, 1.165) is 50.1 Å². The normalized spacial score (nSPS) is 11.2.